The van der Waals surface area contributed by atoms with E-state index in [-0.39, 0.29) is 0 Å². The fourth-order valence-electron chi connectivity index (χ4n) is 2.06. The van der Waals surface area contributed by atoms with E-state index >= 15 is 0 Å². The van der Waals surface area contributed by atoms with E-state index in [9.17, 15) is 0 Å². The van der Waals surface area contributed by atoms with Gasteiger partial charge in [0, 0.05) is 43.8 Å². The van der Waals surface area contributed by atoms with Crippen LogP contribution in [0.4, 0.5) is 0 Å². The third kappa shape index (κ3) is 2.86. The highest BCUT2D eigenvalue weighted by atomic mass is 32.2. The third-order valence-electron chi connectivity index (χ3n) is 2.99. The molecule has 14 heavy (non-hydrogen) atoms. The van der Waals surface area contributed by atoms with E-state index in [0.717, 1.165) is 25.2 Å². The fraction of sp³-hybridized carbons (Fsp3) is 1.00. The Hall–Kier alpha value is 0.230. The van der Waals surface area contributed by atoms with E-state index in [0.29, 0.717) is 0 Å². The lowest BCUT2D eigenvalue weighted by molar-refractivity contribution is 0.159. The van der Waals surface area contributed by atoms with Gasteiger partial charge in [-0.25, -0.2) is 0 Å². The van der Waals surface area contributed by atoms with Crippen molar-refractivity contribution in [3.63, 3.8) is 0 Å². The lowest BCUT2D eigenvalue weighted by Crippen LogP contribution is -2.47. The second kappa shape index (κ2) is 5.35. The minimum Gasteiger partial charge on any atom is -0.383 e. The van der Waals surface area contributed by atoms with E-state index in [2.05, 4.69) is 10.2 Å². The maximum Gasteiger partial charge on any atom is 0.0589 e. The first-order valence-electron chi connectivity index (χ1n) is 5.43. The van der Waals surface area contributed by atoms with Gasteiger partial charge in [-0.05, 0) is 13.0 Å². The number of methoxy groups -OCH3 is 1. The molecule has 0 bridgehead atoms. The number of likely N-dealkylation sites (tertiary alicyclic amines) is 1. The molecule has 4 heteroatoms. The molecule has 2 fully saturated rings. The molecule has 0 radical (unpaired) electrons. The standard InChI is InChI=1S/C10H20N2OS/c1-13-5-4-12-3-2-9(6-12)11-10-7-14-8-10/h9-11H,2-8H2,1H3. The molecular formula is C10H20N2OS. The van der Waals surface area contributed by atoms with E-state index in [4.69, 9.17) is 4.74 Å². The highest BCUT2D eigenvalue weighted by Gasteiger charge is 2.26. The molecule has 2 aliphatic rings. The zero-order valence-electron chi connectivity index (χ0n) is 8.87. The SMILES string of the molecule is COCCN1CCC(NC2CSC2)C1. The molecule has 0 aliphatic carbocycles. The Morgan fingerprint density at radius 3 is 2.93 bits per heavy atom. The van der Waals surface area contributed by atoms with Crippen LogP contribution in [0.15, 0.2) is 0 Å². The monoisotopic (exact) mass is 216 g/mol. The minimum atomic E-state index is 0.734. The maximum atomic E-state index is 5.09. The van der Waals surface area contributed by atoms with Crippen molar-refractivity contribution in [1.82, 2.24) is 10.2 Å². The number of rotatable bonds is 5. The normalized spacial score (nSPS) is 29.4. The molecule has 2 aliphatic heterocycles. The molecule has 0 aromatic rings. The number of thioether (sulfide) groups is 1. The predicted molar refractivity (Wildman–Crippen MR) is 61.0 cm³/mol. The molecule has 0 saturated carbocycles. The summed E-state index contributed by atoms with van der Waals surface area (Å²) in [5.41, 5.74) is 0. The number of ether oxygens (including phenoxy) is 1. The highest BCUT2D eigenvalue weighted by Crippen LogP contribution is 2.19. The number of hydrogen-bond acceptors (Lipinski definition) is 4. The Morgan fingerprint density at radius 1 is 1.43 bits per heavy atom. The van der Waals surface area contributed by atoms with Crippen molar-refractivity contribution in [1.29, 1.82) is 0 Å². The van der Waals surface area contributed by atoms with Gasteiger partial charge in [0.2, 0.25) is 0 Å². The summed E-state index contributed by atoms with van der Waals surface area (Å²) in [4.78, 5) is 2.49. The third-order valence-corrected chi connectivity index (χ3v) is 4.27. The average molecular weight is 216 g/mol. The summed E-state index contributed by atoms with van der Waals surface area (Å²) in [5.74, 6) is 2.63. The summed E-state index contributed by atoms with van der Waals surface area (Å²) in [5, 5.41) is 3.72. The first kappa shape index (κ1) is 10.7. The fourth-order valence-corrected chi connectivity index (χ4v) is 2.72. The van der Waals surface area contributed by atoms with Crippen molar-refractivity contribution in [3.8, 4) is 0 Å². The second-order valence-electron chi connectivity index (χ2n) is 4.18. The summed E-state index contributed by atoms with van der Waals surface area (Å²) >= 11 is 2.05. The van der Waals surface area contributed by atoms with Crippen LogP contribution in [0.2, 0.25) is 0 Å². The lowest BCUT2D eigenvalue weighted by atomic mass is 10.2. The largest absolute Gasteiger partial charge is 0.383 e. The summed E-state index contributed by atoms with van der Waals surface area (Å²) in [6.07, 6.45) is 1.31. The Balaban J connectivity index is 1.61. The molecule has 2 saturated heterocycles. The van der Waals surface area contributed by atoms with Gasteiger partial charge in [-0.1, -0.05) is 0 Å². The van der Waals surface area contributed by atoms with Gasteiger partial charge in [0.1, 0.15) is 0 Å². The van der Waals surface area contributed by atoms with E-state index < -0.39 is 0 Å². The first-order chi connectivity index (χ1) is 6.88. The van der Waals surface area contributed by atoms with Crippen molar-refractivity contribution >= 4 is 11.8 Å². The zero-order chi connectivity index (χ0) is 9.80. The molecule has 82 valence electrons. The van der Waals surface area contributed by atoms with Crippen LogP contribution in [-0.4, -0.2) is 61.8 Å². The van der Waals surface area contributed by atoms with Gasteiger partial charge in [-0.15, -0.1) is 0 Å². The molecule has 1 N–H and O–H groups in total. The number of nitrogens with zero attached hydrogens (tertiary/aromatic N) is 1. The van der Waals surface area contributed by atoms with Crippen molar-refractivity contribution in [2.24, 2.45) is 0 Å². The minimum absolute atomic E-state index is 0.734. The molecule has 2 rings (SSSR count). The molecule has 2 heterocycles. The first-order valence-corrected chi connectivity index (χ1v) is 6.59. The van der Waals surface area contributed by atoms with Crippen LogP contribution in [0.25, 0.3) is 0 Å². The predicted octanol–water partition coefficient (Wildman–Crippen LogP) is 0.412. The Labute approximate surface area is 90.6 Å². The smallest absolute Gasteiger partial charge is 0.0589 e. The lowest BCUT2D eigenvalue weighted by Gasteiger charge is -2.29. The number of nitrogens with one attached hydrogen (secondary N) is 1. The van der Waals surface area contributed by atoms with Gasteiger partial charge in [-0.3, -0.25) is 4.90 Å². The van der Waals surface area contributed by atoms with E-state index in [1.165, 1.54) is 31.0 Å². The molecule has 1 unspecified atom stereocenters. The summed E-state index contributed by atoms with van der Waals surface area (Å²) in [7, 11) is 1.78. The van der Waals surface area contributed by atoms with Crippen molar-refractivity contribution in [2.75, 3.05) is 44.9 Å². The molecular weight excluding hydrogens is 196 g/mol. The van der Waals surface area contributed by atoms with Crippen molar-refractivity contribution in [2.45, 2.75) is 18.5 Å². The molecule has 0 aromatic heterocycles. The van der Waals surface area contributed by atoms with Crippen molar-refractivity contribution < 1.29 is 4.74 Å². The molecule has 3 nitrogen and oxygen atoms in total. The zero-order valence-corrected chi connectivity index (χ0v) is 9.68. The molecule has 0 amide bonds. The van der Waals surface area contributed by atoms with Crippen molar-refractivity contribution in [3.05, 3.63) is 0 Å². The second-order valence-corrected chi connectivity index (χ2v) is 5.25. The van der Waals surface area contributed by atoms with E-state index in [1.807, 2.05) is 11.8 Å². The van der Waals surface area contributed by atoms with Crippen LogP contribution in [0.3, 0.4) is 0 Å². The van der Waals surface area contributed by atoms with Gasteiger partial charge in [0.15, 0.2) is 0 Å². The Morgan fingerprint density at radius 2 is 2.29 bits per heavy atom. The van der Waals surface area contributed by atoms with Gasteiger partial charge < -0.3 is 10.1 Å². The van der Waals surface area contributed by atoms with Gasteiger partial charge in [0.05, 0.1) is 6.61 Å². The topological polar surface area (TPSA) is 24.5 Å². The van der Waals surface area contributed by atoms with Crippen LogP contribution in [-0.2, 0) is 4.74 Å². The van der Waals surface area contributed by atoms with Gasteiger partial charge in [0.25, 0.3) is 0 Å². The highest BCUT2D eigenvalue weighted by molar-refractivity contribution is 8.00. The molecule has 0 spiro atoms. The summed E-state index contributed by atoms with van der Waals surface area (Å²) in [6.45, 7) is 4.41. The Bertz CT molecular complexity index is 176. The van der Waals surface area contributed by atoms with Crippen LogP contribution < -0.4 is 5.32 Å². The number of hydrogen-bond donors (Lipinski definition) is 1. The summed E-state index contributed by atoms with van der Waals surface area (Å²) in [6, 6.07) is 1.53. The van der Waals surface area contributed by atoms with Crippen LogP contribution >= 0.6 is 11.8 Å². The summed E-state index contributed by atoms with van der Waals surface area (Å²) < 4.78 is 5.09. The molecule has 0 aromatic carbocycles. The van der Waals surface area contributed by atoms with Gasteiger partial charge >= 0.3 is 0 Å². The van der Waals surface area contributed by atoms with Gasteiger partial charge in [-0.2, -0.15) is 11.8 Å². The van der Waals surface area contributed by atoms with Crippen LogP contribution in [0.1, 0.15) is 6.42 Å². The average Bonchev–Trinajstić information content (AvgIpc) is 2.56. The maximum absolute atomic E-state index is 5.09. The van der Waals surface area contributed by atoms with Crippen LogP contribution in [0.5, 0.6) is 0 Å². The van der Waals surface area contributed by atoms with Crippen LogP contribution in [0, 0.1) is 0 Å². The quantitative estimate of drug-likeness (QED) is 0.719. The molecule has 1 atom stereocenters. The van der Waals surface area contributed by atoms with E-state index in [1.54, 1.807) is 7.11 Å². The Kier molecular flexibility index (Phi) is 4.10.